The summed E-state index contributed by atoms with van der Waals surface area (Å²) in [5, 5.41) is 28.6. The van der Waals surface area contributed by atoms with Crippen LogP contribution < -0.4 is 24.7 Å². The van der Waals surface area contributed by atoms with Gasteiger partial charge in [-0.2, -0.15) is 0 Å². The van der Waals surface area contributed by atoms with E-state index in [1.165, 1.54) is 34.1 Å². The number of nitrogens with zero attached hydrogens (tertiary/aromatic N) is 6. The number of carboxylic acids is 1. The summed E-state index contributed by atoms with van der Waals surface area (Å²) in [6, 6.07) is 4.57. The van der Waals surface area contributed by atoms with E-state index < -0.39 is 52.4 Å². The highest BCUT2D eigenvalue weighted by Crippen LogP contribution is 2.48. The van der Waals surface area contributed by atoms with Gasteiger partial charge in [0.25, 0.3) is 0 Å². The van der Waals surface area contributed by atoms with Gasteiger partial charge in [-0.25, -0.2) is 23.1 Å². The molecule has 0 radical (unpaired) electrons. The summed E-state index contributed by atoms with van der Waals surface area (Å²) in [5.41, 5.74) is -2.11. The summed E-state index contributed by atoms with van der Waals surface area (Å²) in [7, 11) is 0. The van der Waals surface area contributed by atoms with Crippen molar-refractivity contribution in [2.75, 3.05) is 36.1 Å². The van der Waals surface area contributed by atoms with E-state index >= 15 is 8.78 Å². The van der Waals surface area contributed by atoms with Gasteiger partial charge in [-0.3, -0.25) is 9.69 Å². The number of pyridine rings is 1. The molecule has 3 aliphatic heterocycles. The molecule has 3 atom stereocenters. The van der Waals surface area contributed by atoms with Gasteiger partial charge in [0.2, 0.25) is 5.43 Å². The number of halogens is 2. The molecule has 4 aromatic rings. The Balaban J connectivity index is 1.01. The number of hydrogen-bond donors (Lipinski definition) is 2. The number of fused-ring (bicyclic) bond motifs is 5. The molecule has 2 saturated heterocycles. The number of aromatic nitrogens is 4. The van der Waals surface area contributed by atoms with Crippen molar-refractivity contribution >= 4 is 34.3 Å². The van der Waals surface area contributed by atoms with Gasteiger partial charge >= 0.3 is 12.1 Å². The third kappa shape index (κ3) is 4.99. The van der Waals surface area contributed by atoms with Crippen molar-refractivity contribution in [2.45, 2.75) is 49.6 Å². The molecule has 5 heterocycles. The second-order valence-corrected chi connectivity index (χ2v) is 12.4. The van der Waals surface area contributed by atoms with Gasteiger partial charge in [-0.1, -0.05) is 5.21 Å². The number of amides is 1. The molecule has 0 bridgehead atoms. The highest BCUT2D eigenvalue weighted by Gasteiger charge is 2.48. The van der Waals surface area contributed by atoms with E-state index in [2.05, 4.69) is 10.3 Å². The van der Waals surface area contributed by atoms with Crippen molar-refractivity contribution in [3.8, 4) is 11.5 Å². The Morgan fingerprint density at radius 1 is 1.15 bits per heavy atom. The number of rotatable bonds is 8. The molecule has 4 aliphatic rings. The number of cyclic esters (lactones) is 1. The molecule has 1 amide bonds. The first kappa shape index (κ1) is 29.2. The Morgan fingerprint density at radius 3 is 2.70 bits per heavy atom. The highest BCUT2D eigenvalue weighted by molar-refractivity contribution is 5.97. The third-order valence-electron chi connectivity index (χ3n) is 9.06. The van der Waals surface area contributed by atoms with Crippen LogP contribution in [0.15, 0.2) is 47.7 Å². The maximum atomic E-state index is 15.7. The minimum Gasteiger partial charge on any atom is -0.487 e. The predicted molar refractivity (Wildman–Crippen MR) is 159 cm³/mol. The van der Waals surface area contributed by atoms with Crippen molar-refractivity contribution in [3.63, 3.8) is 0 Å². The van der Waals surface area contributed by atoms with Crippen LogP contribution in [0.1, 0.15) is 35.7 Å². The van der Waals surface area contributed by atoms with E-state index in [0.717, 1.165) is 25.0 Å². The number of anilines is 2. The minimum atomic E-state index is -1.52. The van der Waals surface area contributed by atoms with E-state index in [4.69, 9.17) is 14.2 Å². The van der Waals surface area contributed by atoms with Crippen LogP contribution in [0.25, 0.3) is 10.9 Å². The first-order valence-corrected chi connectivity index (χ1v) is 15.1. The zero-order valence-electron chi connectivity index (χ0n) is 24.7. The molecule has 244 valence electrons. The third-order valence-corrected chi connectivity index (χ3v) is 9.06. The number of hydrogen-bond acceptors (Lipinski definition) is 10. The first-order chi connectivity index (χ1) is 22.6. The summed E-state index contributed by atoms with van der Waals surface area (Å²) in [4.78, 5) is 40.2. The van der Waals surface area contributed by atoms with Crippen LogP contribution in [0.3, 0.4) is 0 Å². The molecular formula is C31H28F2N6O8. The number of carbonyl (C=O) groups excluding carboxylic acids is 1. The van der Waals surface area contributed by atoms with Crippen molar-refractivity contribution in [3.05, 3.63) is 70.3 Å². The number of benzene rings is 2. The van der Waals surface area contributed by atoms with E-state index in [1.54, 1.807) is 15.7 Å². The quantitative estimate of drug-likeness (QED) is 0.289. The Labute approximate surface area is 264 Å². The van der Waals surface area contributed by atoms with Gasteiger partial charge in [0, 0.05) is 30.9 Å². The Kier molecular flexibility index (Phi) is 6.61. The average Bonchev–Trinajstić information content (AvgIpc) is 3.45. The smallest absolute Gasteiger partial charge is 0.414 e. The van der Waals surface area contributed by atoms with Gasteiger partial charge in [0.15, 0.2) is 23.1 Å². The molecule has 3 fully saturated rings. The van der Waals surface area contributed by atoms with Crippen LogP contribution >= 0.6 is 0 Å². The monoisotopic (exact) mass is 650 g/mol. The molecular weight excluding hydrogens is 622 g/mol. The van der Waals surface area contributed by atoms with Gasteiger partial charge in [-0.15, -0.1) is 5.10 Å². The average molecular weight is 651 g/mol. The molecule has 2 aromatic carbocycles. The normalized spacial score (nSPS) is 23.4. The van der Waals surface area contributed by atoms with Crippen molar-refractivity contribution in [1.82, 2.24) is 19.6 Å². The lowest BCUT2D eigenvalue weighted by molar-refractivity contribution is 0.00980. The number of carboxylic acid groups (broad SMARTS) is 1. The largest absolute Gasteiger partial charge is 0.487 e. The van der Waals surface area contributed by atoms with Gasteiger partial charge in [0.05, 0.1) is 48.5 Å². The van der Waals surface area contributed by atoms with E-state index in [-0.39, 0.29) is 67.0 Å². The summed E-state index contributed by atoms with van der Waals surface area (Å²) < 4.78 is 51.3. The lowest BCUT2D eigenvalue weighted by Crippen LogP contribution is -2.41. The van der Waals surface area contributed by atoms with Gasteiger partial charge in [0.1, 0.15) is 36.2 Å². The molecule has 8 rings (SSSR count). The summed E-state index contributed by atoms with van der Waals surface area (Å²) in [6.45, 7) is 0.164. The second-order valence-electron chi connectivity index (χ2n) is 12.4. The maximum Gasteiger partial charge on any atom is 0.414 e. The van der Waals surface area contributed by atoms with E-state index in [0.29, 0.717) is 12.1 Å². The van der Waals surface area contributed by atoms with Crippen LogP contribution in [0.2, 0.25) is 0 Å². The highest BCUT2D eigenvalue weighted by atomic mass is 19.1. The van der Waals surface area contributed by atoms with Crippen LogP contribution in [-0.4, -0.2) is 85.9 Å². The summed E-state index contributed by atoms with van der Waals surface area (Å²) in [5.74, 6) is -2.95. The van der Waals surface area contributed by atoms with Gasteiger partial charge in [-0.05, 0) is 31.0 Å². The number of aromatic carboxylic acids is 1. The SMILES string of the molecule is O=C(O)c1cn(C2CC2)c2c3c(c(F)cc2c1=O)N1C[C@](O)(COc2ccc(N4C[C@@H](Cn5ccnn5)OC4=O)cc2F)C[C@H]1CO3. The Bertz CT molecular complexity index is 2000. The number of ether oxygens (including phenoxy) is 3. The Hall–Kier alpha value is -5.25. The standard InChI is InChI=1S/C31H28F2N6O8/c32-22-7-17(38-11-19(47-30(38)43)10-36-6-5-34-35-36)3-4-24(22)46-15-31(44)9-18-13-45-28-25-20(8-23(33)26(28)39(18)14-31)27(40)21(29(41)42)12-37(25)16-1-2-16/h3-8,12,16,18-19,44H,1-2,9-11,13-15H2,(H,41,42)/t18-,19+,31-/m0/s1. The second kappa shape index (κ2) is 10.7. The molecule has 2 aromatic heterocycles. The van der Waals surface area contributed by atoms with Crippen LogP contribution in [0.5, 0.6) is 11.5 Å². The van der Waals surface area contributed by atoms with Crippen molar-refractivity contribution < 1.29 is 42.8 Å². The summed E-state index contributed by atoms with van der Waals surface area (Å²) >= 11 is 0. The van der Waals surface area contributed by atoms with Crippen molar-refractivity contribution in [2.24, 2.45) is 0 Å². The summed E-state index contributed by atoms with van der Waals surface area (Å²) in [6.07, 6.45) is 4.99. The molecule has 47 heavy (non-hydrogen) atoms. The Morgan fingerprint density at radius 2 is 1.98 bits per heavy atom. The zero-order chi connectivity index (χ0) is 32.6. The molecule has 1 aliphatic carbocycles. The molecule has 0 unspecified atom stereocenters. The predicted octanol–water partition coefficient (Wildman–Crippen LogP) is 2.71. The molecule has 0 spiro atoms. The lowest BCUT2D eigenvalue weighted by atomic mass is 10.0. The molecule has 2 N–H and O–H groups in total. The minimum absolute atomic E-state index is 0.0468. The van der Waals surface area contributed by atoms with Crippen LogP contribution in [0, 0.1) is 11.6 Å². The first-order valence-electron chi connectivity index (χ1n) is 15.1. The zero-order valence-corrected chi connectivity index (χ0v) is 24.7. The van der Waals surface area contributed by atoms with Crippen LogP contribution in [-0.2, 0) is 11.3 Å². The van der Waals surface area contributed by atoms with Gasteiger partial charge < -0.3 is 33.9 Å². The van der Waals surface area contributed by atoms with E-state index in [9.17, 15) is 24.6 Å². The van der Waals surface area contributed by atoms with Crippen molar-refractivity contribution in [1.29, 1.82) is 0 Å². The fourth-order valence-corrected chi connectivity index (χ4v) is 6.75. The molecule has 16 heteroatoms. The number of aliphatic hydroxyl groups is 1. The number of carbonyl (C=O) groups is 2. The van der Waals surface area contributed by atoms with Crippen LogP contribution in [0.4, 0.5) is 25.0 Å². The maximum absolute atomic E-state index is 15.7. The molecule has 1 saturated carbocycles. The molecule has 14 nitrogen and oxygen atoms in total. The van der Waals surface area contributed by atoms with E-state index in [1.807, 2.05) is 0 Å². The fourth-order valence-electron chi connectivity index (χ4n) is 6.75. The fraction of sp³-hybridized carbons (Fsp3) is 0.387. The topological polar surface area (TPSA) is 161 Å². The lowest BCUT2D eigenvalue weighted by Gasteiger charge is -2.34.